The van der Waals surface area contributed by atoms with Crippen molar-refractivity contribution in [3.8, 4) is 5.75 Å². The lowest BCUT2D eigenvalue weighted by molar-refractivity contribution is -0.139. The van der Waals surface area contributed by atoms with Gasteiger partial charge in [-0.25, -0.2) is 0 Å². The van der Waals surface area contributed by atoms with E-state index in [2.05, 4.69) is 108 Å². The van der Waals surface area contributed by atoms with Gasteiger partial charge in [0.1, 0.15) is 17.6 Å². The second kappa shape index (κ2) is 11.2. The van der Waals surface area contributed by atoms with Gasteiger partial charge in [-0.1, -0.05) is 62.3 Å². The summed E-state index contributed by atoms with van der Waals surface area (Å²) in [7, 11) is -4.87. The number of methoxy groups -OCH3 is 1. The van der Waals surface area contributed by atoms with Crippen LogP contribution in [0.15, 0.2) is 30.3 Å². The van der Waals surface area contributed by atoms with Gasteiger partial charge >= 0.3 is 0 Å². The first-order valence-corrected chi connectivity index (χ1v) is 22.7. The molecule has 1 heterocycles. The van der Waals surface area contributed by atoms with Gasteiger partial charge in [0.05, 0.1) is 13.2 Å². The van der Waals surface area contributed by atoms with Crippen molar-refractivity contribution in [2.24, 2.45) is 0 Å². The fourth-order valence-electron chi connectivity index (χ4n) is 3.37. The van der Waals surface area contributed by atoms with Gasteiger partial charge < -0.3 is 22.8 Å². The minimum atomic E-state index is -2.21. The standard InChI is InChI=1S/C30H56O5Si3/c1-28(2,3)36(11,12)33-25-21-24(22-17-19-23(31-10)20-18-22)32-27(35-38(15,16)30(7,8)9)26(25)34-37(13,14)29(4,5)6/h17-21,25-27H,1-16H3/t25-,26-,27-/m1/s1. The number of benzene rings is 1. The average Bonchev–Trinajstić information content (AvgIpc) is 2.73. The van der Waals surface area contributed by atoms with Crippen molar-refractivity contribution >= 4 is 30.7 Å². The van der Waals surface area contributed by atoms with E-state index < -0.39 is 31.2 Å². The molecular formula is C30H56O5Si3. The summed E-state index contributed by atoms with van der Waals surface area (Å²) in [4.78, 5) is 0. The monoisotopic (exact) mass is 580 g/mol. The topological polar surface area (TPSA) is 46.2 Å². The van der Waals surface area contributed by atoms with E-state index in [-0.39, 0.29) is 27.3 Å². The van der Waals surface area contributed by atoms with Gasteiger partial charge in [-0.15, -0.1) is 0 Å². The lowest BCUT2D eigenvalue weighted by Crippen LogP contribution is -2.59. The van der Waals surface area contributed by atoms with Gasteiger partial charge in [0.15, 0.2) is 25.0 Å². The normalized spacial score (nSPS) is 22.1. The third-order valence-electron chi connectivity index (χ3n) is 9.22. The Morgan fingerprint density at radius 1 is 0.632 bits per heavy atom. The minimum Gasteiger partial charge on any atom is -0.497 e. The molecule has 1 aliphatic rings. The van der Waals surface area contributed by atoms with Gasteiger partial charge in [0.25, 0.3) is 0 Å². The quantitative estimate of drug-likeness (QED) is 0.287. The zero-order valence-corrected chi connectivity index (χ0v) is 30.2. The highest BCUT2D eigenvalue weighted by Gasteiger charge is 2.51. The molecule has 0 spiro atoms. The first kappa shape index (κ1) is 33.3. The molecule has 0 radical (unpaired) electrons. The van der Waals surface area contributed by atoms with Crippen LogP contribution in [0.5, 0.6) is 5.75 Å². The van der Waals surface area contributed by atoms with Crippen molar-refractivity contribution in [3.05, 3.63) is 35.9 Å². The van der Waals surface area contributed by atoms with Crippen molar-refractivity contribution in [2.45, 2.75) is 135 Å². The van der Waals surface area contributed by atoms with Crippen LogP contribution in [0.25, 0.3) is 5.76 Å². The summed E-state index contributed by atoms with van der Waals surface area (Å²) in [5.41, 5.74) is 0.976. The summed E-state index contributed by atoms with van der Waals surface area (Å²) in [6.45, 7) is 34.2. The Labute approximate surface area is 237 Å². The summed E-state index contributed by atoms with van der Waals surface area (Å²) in [5.74, 6) is 1.59. The zero-order valence-electron chi connectivity index (χ0n) is 27.2. The van der Waals surface area contributed by atoms with Crippen LogP contribution in [0.3, 0.4) is 0 Å². The SMILES string of the molecule is COc1ccc(C2=C[C@@H](O[Si](C)(C)C(C)(C)C)[C@@H](O[Si](C)(C)C(C)(C)C)[C@@H](O[Si](C)(C)C(C)(C)C)O2)cc1. The number of hydrogen-bond donors (Lipinski definition) is 0. The van der Waals surface area contributed by atoms with Gasteiger partial charge in [0.2, 0.25) is 6.29 Å². The highest BCUT2D eigenvalue weighted by atomic mass is 28.4. The van der Waals surface area contributed by atoms with Crippen LogP contribution in [0.4, 0.5) is 0 Å². The molecule has 1 aromatic rings. The third-order valence-corrected chi connectivity index (χ3v) is 22.6. The molecule has 5 nitrogen and oxygen atoms in total. The Hall–Kier alpha value is -0.909. The predicted molar refractivity (Wildman–Crippen MR) is 168 cm³/mol. The molecule has 0 fully saturated rings. The number of ether oxygens (including phenoxy) is 2. The van der Waals surface area contributed by atoms with E-state index in [0.29, 0.717) is 0 Å². The van der Waals surface area contributed by atoms with E-state index >= 15 is 0 Å². The van der Waals surface area contributed by atoms with Crippen LogP contribution in [-0.2, 0) is 18.0 Å². The molecule has 0 bridgehead atoms. The summed E-state index contributed by atoms with van der Waals surface area (Å²) in [6.07, 6.45) is 0.916. The van der Waals surface area contributed by atoms with Crippen molar-refractivity contribution in [1.29, 1.82) is 0 Å². The molecule has 0 aromatic heterocycles. The van der Waals surface area contributed by atoms with Crippen LogP contribution in [0.1, 0.15) is 67.9 Å². The van der Waals surface area contributed by atoms with Gasteiger partial charge in [0, 0.05) is 5.56 Å². The zero-order chi connectivity index (χ0) is 29.5. The molecule has 8 heteroatoms. The van der Waals surface area contributed by atoms with Gasteiger partial charge in [-0.2, -0.15) is 0 Å². The molecule has 0 aliphatic carbocycles. The van der Waals surface area contributed by atoms with Crippen molar-refractivity contribution < 1.29 is 22.8 Å². The summed E-state index contributed by atoms with van der Waals surface area (Å²) >= 11 is 0. The Morgan fingerprint density at radius 3 is 1.47 bits per heavy atom. The van der Waals surface area contributed by atoms with Gasteiger partial charge in [-0.05, 0) is 84.7 Å². The maximum atomic E-state index is 7.15. The molecule has 0 amide bonds. The molecule has 0 N–H and O–H groups in total. The first-order valence-electron chi connectivity index (χ1n) is 14.0. The van der Waals surface area contributed by atoms with E-state index in [9.17, 15) is 0 Å². The maximum Gasteiger partial charge on any atom is 0.219 e. The van der Waals surface area contributed by atoms with Crippen LogP contribution < -0.4 is 4.74 Å². The Balaban J connectivity index is 2.69. The van der Waals surface area contributed by atoms with Crippen LogP contribution in [0.2, 0.25) is 54.4 Å². The molecule has 0 saturated carbocycles. The summed E-state index contributed by atoms with van der Waals surface area (Å²) in [5, 5.41) is 0.113. The Bertz CT molecular complexity index is 964. The second-order valence-corrected chi connectivity index (χ2v) is 29.6. The summed E-state index contributed by atoms with van der Waals surface area (Å²) < 4.78 is 33.4. The van der Waals surface area contributed by atoms with E-state index in [1.54, 1.807) is 7.11 Å². The predicted octanol–water partition coefficient (Wildman–Crippen LogP) is 9.20. The number of rotatable bonds is 8. The van der Waals surface area contributed by atoms with E-state index in [1.807, 2.05) is 24.3 Å². The largest absolute Gasteiger partial charge is 0.497 e. The highest BCUT2D eigenvalue weighted by molar-refractivity contribution is 6.75. The molecular weight excluding hydrogens is 525 g/mol. The third kappa shape index (κ3) is 7.63. The molecule has 3 atom stereocenters. The lowest BCUT2D eigenvalue weighted by atomic mass is 10.1. The van der Waals surface area contributed by atoms with Crippen molar-refractivity contribution in [2.75, 3.05) is 7.11 Å². The van der Waals surface area contributed by atoms with Gasteiger partial charge in [-0.3, -0.25) is 0 Å². The molecule has 218 valence electrons. The number of hydrogen-bond acceptors (Lipinski definition) is 5. The minimum absolute atomic E-state index is 0.0229. The van der Waals surface area contributed by atoms with Crippen molar-refractivity contribution in [1.82, 2.24) is 0 Å². The van der Waals surface area contributed by atoms with Crippen LogP contribution in [-0.4, -0.2) is 50.6 Å². The smallest absolute Gasteiger partial charge is 0.219 e. The second-order valence-electron chi connectivity index (χ2n) is 15.3. The highest BCUT2D eigenvalue weighted by Crippen LogP contribution is 2.45. The molecule has 2 rings (SSSR count). The maximum absolute atomic E-state index is 7.15. The van der Waals surface area contributed by atoms with E-state index in [4.69, 9.17) is 22.8 Å². The lowest BCUT2D eigenvalue weighted by Gasteiger charge is -2.49. The molecule has 0 unspecified atom stereocenters. The fourth-order valence-corrected chi connectivity index (χ4v) is 7.00. The molecule has 1 aromatic carbocycles. The molecule has 38 heavy (non-hydrogen) atoms. The van der Waals surface area contributed by atoms with Crippen molar-refractivity contribution in [3.63, 3.8) is 0 Å². The van der Waals surface area contributed by atoms with Crippen LogP contribution in [0, 0.1) is 0 Å². The Morgan fingerprint density at radius 2 is 1.05 bits per heavy atom. The molecule has 0 saturated heterocycles. The summed E-state index contributed by atoms with van der Waals surface area (Å²) in [6, 6.07) is 8.00. The van der Waals surface area contributed by atoms with E-state index in [0.717, 1.165) is 17.1 Å². The molecule has 1 aliphatic heterocycles. The fraction of sp³-hybridized carbons (Fsp3) is 0.733. The first-order chi connectivity index (χ1) is 16.9. The van der Waals surface area contributed by atoms with E-state index in [1.165, 1.54) is 0 Å². The Kier molecular flexibility index (Phi) is 9.78. The average molecular weight is 581 g/mol. The van der Waals surface area contributed by atoms with Crippen LogP contribution >= 0.6 is 0 Å².